The second kappa shape index (κ2) is 5.16. The molecule has 2 aromatic carbocycles. The molecule has 0 saturated carbocycles. The SMILES string of the molecule is Cc1nc2cc(C(=O)O)ccc2n1-c1ccc(Cl)cc1Br. The van der Waals surface area contributed by atoms with Crippen LogP contribution < -0.4 is 0 Å². The molecule has 0 bridgehead atoms. The molecule has 3 aromatic rings. The summed E-state index contributed by atoms with van der Waals surface area (Å²) in [5.74, 6) is -0.188. The maximum atomic E-state index is 11.0. The first-order valence-corrected chi connectivity index (χ1v) is 7.32. The van der Waals surface area contributed by atoms with Gasteiger partial charge in [0.2, 0.25) is 0 Å². The van der Waals surface area contributed by atoms with Crippen LogP contribution in [-0.2, 0) is 0 Å². The van der Waals surface area contributed by atoms with Crippen LogP contribution >= 0.6 is 27.5 Å². The smallest absolute Gasteiger partial charge is 0.335 e. The summed E-state index contributed by atoms with van der Waals surface area (Å²) in [5.41, 5.74) is 2.62. The number of aromatic carboxylic acids is 1. The van der Waals surface area contributed by atoms with E-state index in [-0.39, 0.29) is 5.56 Å². The Morgan fingerprint density at radius 1 is 1.29 bits per heavy atom. The molecule has 0 saturated heterocycles. The largest absolute Gasteiger partial charge is 0.478 e. The number of benzene rings is 2. The van der Waals surface area contributed by atoms with Gasteiger partial charge >= 0.3 is 5.97 Å². The van der Waals surface area contributed by atoms with Crippen molar-refractivity contribution in [3.05, 3.63) is 57.3 Å². The average molecular weight is 366 g/mol. The Kier molecular flexibility index (Phi) is 3.47. The van der Waals surface area contributed by atoms with Gasteiger partial charge in [0, 0.05) is 9.50 Å². The molecule has 0 radical (unpaired) electrons. The van der Waals surface area contributed by atoms with Crippen LogP contribution in [0.2, 0.25) is 5.02 Å². The van der Waals surface area contributed by atoms with Crippen LogP contribution in [0.1, 0.15) is 16.2 Å². The van der Waals surface area contributed by atoms with Crippen LogP contribution in [0.5, 0.6) is 0 Å². The third-order valence-electron chi connectivity index (χ3n) is 3.22. The molecule has 6 heteroatoms. The molecule has 0 amide bonds. The van der Waals surface area contributed by atoms with Crippen molar-refractivity contribution in [1.82, 2.24) is 9.55 Å². The summed E-state index contributed by atoms with van der Waals surface area (Å²) >= 11 is 9.47. The minimum Gasteiger partial charge on any atom is -0.478 e. The summed E-state index contributed by atoms with van der Waals surface area (Å²) in [7, 11) is 0. The lowest BCUT2D eigenvalue weighted by molar-refractivity contribution is 0.0697. The van der Waals surface area contributed by atoms with Gasteiger partial charge in [-0.05, 0) is 59.3 Å². The Morgan fingerprint density at radius 2 is 2.05 bits per heavy atom. The van der Waals surface area contributed by atoms with Gasteiger partial charge in [0.15, 0.2) is 0 Å². The number of carbonyl (C=O) groups is 1. The van der Waals surface area contributed by atoms with E-state index >= 15 is 0 Å². The second-order valence-corrected chi connectivity index (χ2v) is 5.89. The van der Waals surface area contributed by atoms with Gasteiger partial charge in [0.05, 0.1) is 22.3 Å². The number of carboxylic acids is 1. The highest BCUT2D eigenvalue weighted by Gasteiger charge is 2.14. The van der Waals surface area contributed by atoms with Crippen LogP contribution in [0.15, 0.2) is 40.9 Å². The molecule has 0 unspecified atom stereocenters. The highest BCUT2D eigenvalue weighted by Crippen LogP contribution is 2.29. The van der Waals surface area contributed by atoms with Crippen LogP contribution in [0.3, 0.4) is 0 Å². The fourth-order valence-electron chi connectivity index (χ4n) is 2.30. The number of aryl methyl sites for hydroxylation is 1. The third kappa shape index (κ3) is 2.43. The standard InChI is InChI=1S/C15H10BrClN2O2/c1-8-18-12-6-9(15(20)21)2-4-14(12)19(8)13-5-3-10(17)7-11(13)16/h2-7H,1H3,(H,20,21). The minimum atomic E-state index is -0.961. The van der Waals surface area contributed by atoms with Crippen molar-refractivity contribution in [2.45, 2.75) is 6.92 Å². The first-order chi connectivity index (χ1) is 9.97. The lowest BCUT2D eigenvalue weighted by atomic mass is 10.2. The van der Waals surface area contributed by atoms with E-state index in [1.807, 2.05) is 23.6 Å². The third-order valence-corrected chi connectivity index (χ3v) is 4.09. The number of hydrogen-bond acceptors (Lipinski definition) is 2. The first-order valence-electron chi connectivity index (χ1n) is 6.15. The molecule has 1 heterocycles. The summed E-state index contributed by atoms with van der Waals surface area (Å²) in [4.78, 5) is 15.5. The zero-order valence-electron chi connectivity index (χ0n) is 11.0. The van der Waals surface area contributed by atoms with E-state index in [9.17, 15) is 4.79 Å². The molecule has 0 aliphatic heterocycles. The van der Waals surface area contributed by atoms with E-state index in [1.54, 1.807) is 24.3 Å². The van der Waals surface area contributed by atoms with Crippen molar-refractivity contribution in [2.24, 2.45) is 0 Å². The zero-order valence-corrected chi connectivity index (χ0v) is 13.3. The van der Waals surface area contributed by atoms with Gasteiger partial charge in [0.25, 0.3) is 0 Å². The second-order valence-electron chi connectivity index (χ2n) is 4.60. The monoisotopic (exact) mass is 364 g/mol. The van der Waals surface area contributed by atoms with Gasteiger partial charge in [0.1, 0.15) is 5.82 Å². The van der Waals surface area contributed by atoms with Gasteiger partial charge in [-0.1, -0.05) is 11.6 Å². The molecule has 0 spiro atoms. The van der Waals surface area contributed by atoms with Gasteiger partial charge in [-0.25, -0.2) is 9.78 Å². The van der Waals surface area contributed by atoms with Crippen molar-refractivity contribution in [3.63, 3.8) is 0 Å². The molecular formula is C15H10BrClN2O2. The minimum absolute atomic E-state index is 0.224. The van der Waals surface area contributed by atoms with Crippen molar-refractivity contribution < 1.29 is 9.90 Å². The van der Waals surface area contributed by atoms with E-state index in [2.05, 4.69) is 20.9 Å². The maximum Gasteiger partial charge on any atom is 0.335 e. The van der Waals surface area contributed by atoms with Crippen LogP contribution in [0.4, 0.5) is 0 Å². The number of fused-ring (bicyclic) bond motifs is 1. The summed E-state index contributed by atoms with van der Waals surface area (Å²) in [6, 6.07) is 10.4. The van der Waals surface area contributed by atoms with Crippen LogP contribution in [0.25, 0.3) is 16.7 Å². The summed E-state index contributed by atoms with van der Waals surface area (Å²) in [6.07, 6.45) is 0. The fourth-order valence-corrected chi connectivity index (χ4v) is 3.16. The summed E-state index contributed by atoms with van der Waals surface area (Å²) in [6.45, 7) is 1.88. The topological polar surface area (TPSA) is 55.1 Å². The fraction of sp³-hybridized carbons (Fsp3) is 0.0667. The van der Waals surface area contributed by atoms with Crippen molar-refractivity contribution >= 4 is 44.5 Å². The Balaban J connectivity index is 2.27. The Labute approximate surface area is 134 Å². The van der Waals surface area contributed by atoms with Gasteiger partial charge in [-0.2, -0.15) is 0 Å². The Morgan fingerprint density at radius 3 is 2.71 bits per heavy atom. The molecule has 106 valence electrons. The number of halogens is 2. The summed E-state index contributed by atoms with van der Waals surface area (Å²) in [5, 5.41) is 9.70. The molecule has 1 N–H and O–H groups in total. The molecule has 0 aliphatic rings. The van der Waals surface area contributed by atoms with Gasteiger partial charge in [-0.3, -0.25) is 4.57 Å². The lowest BCUT2D eigenvalue weighted by Crippen LogP contribution is -1.99. The van der Waals surface area contributed by atoms with Crippen LogP contribution in [0, 0.1) is 6.92 Å². The average Bonchev–Trinajstić information content (AvgIpc) is 2.74. The Bertz CT molecular complexity index is 873. The van der Waals surface area contributed by atoms with Crippen LogP contribution in [-0.4, -0.2) is 20.6 Å². The van der Waals surface area contributed by atoms with E-state index in [0.717, 1.165) is 21.5 Å². The van der Waals surface area contributed by atoms with E-state index < -0.39 is 5.97 Å². The Hall–Kier alpha value is -1.85. The number of hydrogen-bond donors (Lipinski definition) is 1. The zero-order chi connectivity index (χ0) is 15.1. The predicted octanol–water partition coefficient (Wildman–Crippen LogP) is 4.45. The van der Waals surface area contributed by atoms with Crippen molar-refractivity contribution in [3.8, 4) is 5.69 Å². The van der Waals surface area contributed by atoms with Crippen molar-refractivity contribution in [1.29, 1.82) is 0 Å². The number of imidazole rings is 1. The molecule has 21 heavy (non-hydrogen) atoms. The van der Waals surface area contributed by atoms with E-state index in [0.29, 0.717) is 10.5 Å². The van der Waals surface area contributed by atoms with Gasteiger partial charge < -0.3 is 5.11 Å². The quantitative estimate of drug-likeness (QED) is 0.730. The molecular weight excluding hydrogens is 356 g/mol. The van der Waals surface area contributed by atoms with E-state index in [4.69, 9.17) is 16.7 Å². The molecule has 0 fully saturated rings. The number of rotatable bonds is 2. The number of aromatic nitrogens is 2. The highest BCUT2D eigenvalue weighted by molar-refractivity contribution is 9.10. The molecule has 3 rings (SSSR count). The van der Waals surface area contributed by atoms with Gasteiger partial charge in [-0.15, -0.1) is 0 Å². The van der Waals surface area contributed by atoms with E-state index in [1.165, 1.54) is 0 Å². The molecule has 0 aliphatic carbocycles. The maximum absolute atomic E-state index is 11.0. The summed E-state index contributed by atoms with van der Waals surface area (Å²) < 4.78 is 2.81. The highest BCUT2D eigenvalue weighted by atomic mass is 79.9. The first kappa shape index (κ1) is 14.1. The predicted molar refractivity (Wildman–Crippen MR) is 85.5 cm³/mol. The number of nitrogens with zero attached hydrogens (tertiary/aromatic N) is 2. The number of carboxylic acid groups (broad SMARTS) is 1. The van der Waals surface area contributed by atoms with Crippen molar-refractivity contribution in [2.75, 3.05) is 0 Å². The molecule has 4 nitrogen and oxygen atoms in total. The lowest BCUT2D eigenvalue weighted by Gasteiger charge is -2.09. The molecule has 0 atom stereocenters. The molecule has 1 aromatic heterocycles. The normalized spacial score (nSPS) is 11.0.